The zero-order valence-corrected chi connectivity index (χ0v) is 9.98. The maximum absolute atomic E-state index is 12.7. The van der Waals surface area contributed by atoms with Crippen molar-refractivity contribution in [2.24, 2.45) is 0 Å². The zero-order chi connectivity index (χ0) is 11.8. The molecule has 0 saturated carbocycles. The Kier molecular flexibility index (Phi) is 2.77. The summed E-state index contributed by atoms with van der Waals surface area (Å²) < 4.78 is 35.4. The molecule has 0 bridgehead atoms. The fraction of sp³-hybridized carbons (Fsp3) is 0.100. The maximum atomic E-state index is 12.7. The lowest BCUT2D eigenvalue weighted by molar-refractivity contribution is 0.603. The minimum absolute atomic E-state index is 0.215. The Labute approximate surface area is 96.5 Å². The molecule has 6 heteroatoms. The van der Waals surface area contributed by atoms with Gasteiger partial charge in [0.2, 0.25) is 0 Å². The van der Waals surface area contributed by atoms with Crippen LogP contribution in [0.5, 0.6) is 0 Å². The van der Waals surface area contributed by atoms with Crippen LogP contribution in [0.1, 0.15) is 0 Å². The zero-order valence-electron chi connectivity index (χ0n) is 8.34. The fourth-order valence-electron chi connectivity index (χ4n) is 1.16. The molecule has 0 unspecified atom stereocenters. The molecule has 0 saturated heterocycles. The van der Waals surface area contributed by atoms with Crippen molar-refractivity contribution >= 4 is 21.2 Å². The highest BCUT2D eigenvalue weighted by molar-refractivity contribution is 7.92. The van der Waals surface area contributed by atoms with Crippen LogP contribution in [0, 0.1) is 5.82 Å². The van der Waals surface area contributed by atoms with Crippen molar-refractivity contribution in [1.29, 1.82) is 0 Å². The van der Waals surface area contributed by atoms with E-state index in [9.17, 15) is 12.8 Å². The van der Waals surface area contributed by atoms with Crippen LogP contribution >= 0.6 is 11.3 Å². The molecule has 1 heterocycles. The highest BCUT2D eigenvalue weighted by atomic mass is 32.2. The number of thiazole rings is 1. The minimum Gasteiger partial charge on any atom is -0.243 e. The van der Waals surface area contributed by atoms with Crippen LogP contribution in [0.3, 0.4) is 0 Å². The first-order valence-electron chi connectivity index (χ1n) is 4.38. The summed E-state index contributed by atoms with van der Waals surface area (Å²) in [6, 6.07) is 5.77. The Morgan fingerprint density at radius 3 is 2.38 bits per heavy atom. The highest BCUT2D eigenvalue weighted by Gasteiger charge is 2.12. The lowest BCUT2D eigenvalue weighted by Crippen LogP contribution is -1.91. The van der Waals surface area contributed by atoms with Gasteiger partial charge in [0.25, 0.3) is 0 Å². The molecule has 84 valence electrons. The summed E-state index contributed by atoms with van der Waals surface area (Å²) in [5, 5.41) is 0.570. The van der Waals surface area contributed by atoms with Crippen molar-refractivity contribution in [3.05, 3.63) is 36.3 Å². The van der Waals surface area contributed by atoms with Gasteiger partial charge in [0.1, 0.15) is 15.0 Å². The first-order valence-corrected chi connectivity index (χ1v) is 7.09. The number of sulfone groups is 1. The smallest absolute Gasteiger partial charge is 0.186 e. The summed E-state index contributed by atoms with van der Waals surface area (Å²) >= 11 is 1.08. The second kappa shape index (κ2) is 3.95. The van der Waals surface area contributed by atoms with E-state index in [1.807, 2.05) is 0 Å². The van der Waals surface area contributed by atoms with Gasteiger partial charge in [0.05, 0.1) is 6.20 Å². The summed E-state index contributed by atoms with van der Waals surface area (Å²) in [5.74, 6) is -0.330. The monoisotopic (exact) mass is 257 g/mol. The summed E-state index contributed by atoms with van der Waals surface area (Å²) in [6.07, 6.45) is 2.45. The molecule has 1 aromatic carbocycles. The van der Waals surface area contributed by atoms with E-state index < -0.39 is 9.84 Å². The average Bonchev–Trinajstić information content (AvgIpc) is 2.67. The first kappa shape index (κ1) is 11.2. The van der Waals surface area contributed by atoms with Gasteiger partial charge in [-0.2, -0.15) is 0 Å². The Morgan fingerprint density at radius 2 is 1.88 bits per heavy atom. The van der Waals surface area contributed by atoms with Crippen LogP contribution in [0.2, 0.25) is 0 Å². The van der Waals surface area contributed by atoms with E-state index in [0.717, 1.165) is 17.6 Å². The van der Waals surface area contributed by atoms with Gasteiger partial charge in [-0.3, -0.25) is 0 Å². The maximum Gasteiger partial charge on any atom is 0.186 e. The molecule has 3 nitrogen and oxygen atoms in total. The topological polar surface area (TPSA) is 47.0 Å². The standard InChI is InChI=1S/C10H8FNO2S2/c1-16(13,14)9-6-12-10(15-9)7-2-4-8(11)5-3-7/h2-6H,1H3. The third kappa shape index (κ3) is 2.28. The molecule has 0 fully saturated rings. The van der Waals surface area contributed by atoms with E-state index in [1.165, 1.54) is 18.3 Å². The van der Waals surface area contributed by atoms with Gasteiger partial charge in [-0.15, -0.1) is 11.3 Å². The van der Waals surface area contributed by atoms with Gasteiger partial charge < -0.3 is 0 Å². The Bertz CT molecular complexity index is 602. The molecular weight excluding hydrogens is 249 g/mol. The summed E-state index contributed by atoms with van der Waals surface area (Å²) in [7, 11) is -3.22. The normalized spacial score (nSPS) is 11.6. The van der Waals surface area contributed by atoms with Gasteiger partial charge in [0, 0.05) is 11.8 Å². The van der Waals surface area contributed by atoms with E-state index in [1.54, 1.807) is 12.1 Å². The van der Waals surface area contributed by atoms with Crippen molar-refractivity contribution < 1.29 is 12.8 Å². The molecule has 0 aliphatic carbocycles. The lowest BCUT2D eigenvalue weighted by atomic mass is 10.2. The fourth-order valence-corrected chi connectivity index (χ4v) is 2.90. The molecule has 0 radical (unpaired) electrons. The number of rotatable bonds is 2. The predicted octanol–water partition coefficient (Wildman–Crippen LogP) is 2.35. The largest absolute Gasteiger partial charge is 0.243 e. The molecule has 0 aliphatic heterocycles. The molecular formula is C10H8FNO2S2. The van der Waals surface area contributed by atoms with Crippen LogP contribution in [-0.2, 0) is 9.84 Å². The minimum atomic E-state index is -3.22. The van der Waals surface area contributed by atoms with E-state index in [-0.39, 0.29) is 10.0 Å². The van der Waals surface area contributed by atoms with Gasteiger partial charge in [-0.05, 0) is 24.3 Å². The molecule has 2 rings (SSSR count). The van der Waals surface area contributed by atoms with E-state index in [4.69, 9.17) is 0 Å². The summed E-state index contributed by atoms with van der Waals surface area (Å²) in [6.45, 7) is 0. The number of nitrogens with zero attached hydrogens (tertiary/aromatic N) is 1. The number of hydrogen-bond donors (Lipinski definition) is 0. The molecule has 0 amide bonds. The molecule has 0 N–H and O–H groups in total. The first-order chi connectivity index (χ1) is 7.47. The van der Waals surface area contributed by atoms with E-state index in [2.05, 4.69) is 4.98 Å². The Balaban J connectivity index is 2.43. The number of hydrogen-bond acceptors (Lipinski definition) is 4. The van der Waals surface area contributed by atoms with Crippen molar-refractivity contribution in [2.45, 2.75) is 4.21 Å². The van der Waals surface area contributed by atoms with Gasteiger partial charge in [-0.25, -0.2) is 17.8 Å². The third-order valence-corrected chi connectivity index (χ3v) is 4.78. The number of benzene rings is 1. The lowest BCUT2D eigenvalue weighted by Gasteiger charge is -1.94. The van der Waals surface area contributed by atoms with E-state index >= 15 is 0 Å². The van der Waals surface area contributed by atoms with Gasteiger partial charge >= 0.3 is 0 Å². The highest BCUT2D eigenvalue weighted by Crippen LogP contribution is 2.27. The van der Waals surface area contributed by atoms with Gasteiger partial charge in [-0.1, -0.05) is 0 Å². The van der Waals surface area contributed by atoms with Crippen molar-refractivity contribution in [3.8, 4) is 10.6 Å². The number of halogens is 1. The molecule has 16 heavy (non-hydrogen) atoms. The third-order valence-electron chi connectivity index (χ3n) is 1.94. The van der Waals surface area contributed by atoms with Crippen LogP contribution < -0.4 is 0 Å². The molecule has 0 spiro atoms. The molecule has 2 aromatic rings. The van der Waals surface area contributed by atoms with Crippen LogP contribution in [0.15, 0.2) is 34.7 Å². The Hall–Kier alpha value is -1.27. The molecule has 1 aromatic heterocycles. The van der Waals surface area contributed by atoms with Crippen LogP contribution in [-0.4, -0.2) is 19.7 Å². The average molecular weight is 257 g/mol. The summed E-state index contributed by atoms with van der Waals surface area (Å²) in [4.78, 5) is 4.00. The van der Waals surface area contributed by atoms with Crippen molar-refractivity contribution in [3.63, 3.8) is 0 Å². The SMILES string of the molecule is CS(=O)(=O)c1cnc(-c2ccc(F)cc2)s1. The van der Waals surface area contributed by atoms with Crippen LogP contribution in [0.4, 0.5) is 4.39 Å². The molecule has 0 aliphatic rings. The van der Waals surface area contributed by atoms with Crippen molar-refractivity contribution in [1.82, 2.24) is 4.98 Å². The number of aromatic nitrogens is 1. The van der Waals surface area contributed by atoms with Crippen LogP contribution in [0.25, 0.3) is 10.6 Å². The Morgan fingerprint density at radius 1 is 1.25 bits per heavy atom. The quantitative estimate of drug-likeness (QED) is 0.829. The van der Waals surface area contributed by atoms with E-state index in [0.29, 0.717) is 10.6 Å². The van der Waals surface area contributed by atoms with Crippen molar-refractivity contribution in [2.75, 3.05) is 6.26 Å². The second-order valence-corrected chi connectivity index (χ2v) is 6.54. The molecule has 0 atom stereocenters. The predicted molar refractivity (Wildman–Crippen MR) is 60.6 cm³/mol. The van der Waals surface area contributed by atoms with Gasteiger partial charge in [0.15, 0.2) is 9.84 Å². The second-order valence-electron chi connectivity index (χ2n) is 3.26. The summed E-state index contributed by atoms with van der Waals surface area (Å²) in [5.41, 5.74) is 0.710.